The zero-order valence-electron chi connectivity index (χ0n) is 13.2. The van der Waals surface area contributed by atoms with Crippen LogP contribution in [0.1, 0.15) is 18.4 Å². The predicted octanol–water partition coefficient (Wildman–Crippen LogP) is 3.78. The van der Waals surface area contributed by atoms with Crippen LogP contribution < -0.4 is 5.32 Å². The maximum Gasteiger partial charge on any atom is 0.221 e. The average Bonchev–Trinajstić information content (AvgIpc) is 3.01. The van der Waals surface area contributed by atoms with Gasteiger partial charge in [0.15, 0.2) is 0 Å². The van der Waals surface area contributed by atoms with Gasteiger partial charge in [0.25, 0.3) is 0 Å². The zero-order chi connectivity index (χ0) is 15.9. The maximum atomic E-state index is 12.0. The Balaban J connectivity index is 1.40. The molecule has 0 radical (unpaired) electrons. The van der Waals surface area contributed by atoms with E-state index in [1.807, 2.05) is 24.4 Å². The van der Waals surface area contributed by atoms with Gasteiger partial charge in [-0.05, 0) is 35.9 Å². The number of fused-ring (bicyclic) bond motifs is 1. The molecule has 0 saturated carbocycles. The Labute approximate surface area is 136 Å². The molecule has 3 heteroatoms. The first-order valence-corrected chi connectivity index (χ1v) is 8.17. The number of nitrogens with one attached hydrogen (secondary N) is 1. The lowest BCUT2D eigenvalue weighted by atomic mass is 10.1. The van der Waals surface area contributed by atoms with Crippen molar-refractivity contribution in [3.05, 3.63) is 72.4 Å². The summed E-state index contributed by atoms with van der Waals surface area (Å²) < 4.78 is 2.14. The van der Waals surface area contributed by atoms with Crippen molar-refractivity contribution in [3.63, 3.8) is 0 Å². The molecule has 0 aliphatic heterocycles. The number of carbonyl (C=O) groups excluding carboxylic acids is 1. The molecule has 118 valence electrons. The Bertz CT molecular complexity index is 761. The first-order valence-electron chi connectivity index (χ1n) is 8.17. The molecule has 0 atom stereocenters. The Morgan fingerprint density at radius 3 is 2.61 bits per heavy atom. The van der Waals surface area contributed by atoms with Crippen LogP contribution in [0.25, 0.3) is 10.9 Å². The standard InChI is InChI=1S/C20H22N2O/c23-20(21-14-6-9-17-7-2-1-3-8-17)13-16-22-15-12-18-10-4-5-11-19(18)22/h1-5,7-8,10-12,15H,6,9,13-14,16H2,(H,21,23). The van der Waals surface area contributed by atoms with Crippen molar-refractivity contribution >= 4 is 16.8 Å². The largest absolute Gasteiger partial charge is 0.356 e. The van der Waals surface area contributed by atoms with Crippen molar-refractivity contribution in [2.24, 2.45) is 0 Å². The van der Waals surface area contributed by atoms with E-state index in [0.717, 1.165) is 25.9 Å². The number of benzene rings is 2. The third-order valence-corrected chi connectivity index (χ3v) is 4.07. The number of amides is 1. The summed E-state index contributed by atoms with van der Waals surface area (Å²) >= 11 is 0. The second kappa shape index (κ2) is 7.63. The number of hydrogen-bond acceptors (Lipinski definition) is 1. The molecule has 1 amide bonds. The van der Waals surface area contributed by atoms with Crippen LogP contribution in [0.4, 0.5) is 0 Å². The molecule has 0 unspecified atom stereocenters. The first kappa shape index (κ1) is 15.3. The minimum Gasteiger partial charge on any atom is -0.356 e. The predicted molar refractivity (Wildman–Crippen MR) is 94.3 cm³/mol. The van der Waals surface area contributed by atoms with Crippen molar-refractivity contribution in [2.45, 2.75) is 25.8 Å². The molecule has 1 heterocycles. The number of hydrogen-bond donors (Lipinski definition) is 1. The lowest BCUT2D eigenvalue weighted by molar-refractivity contribution is -0.121. The van der Waals surface area contributed by atoms with Crippen LogP contribution in [0.3, 0.4) is 0 Å². The van der Waals surface area contributed by atoms with E-state index in [1.54, 1.807) is 0 Å². The minimum absolute atomic E-state index is 0.121. The molecular weight excluding hydrogens is 284 g/mol. The highest BCUT2D eigenvalue weighted by Crippen LogP contribution is 2.15. The van der Waals surface area contributed by atoms with Crippen LogP contribution >= 0.6 is 0 Å². The van der Waals surface area contributed by atoms with Gasteiger partial charge in [-0.25, -0.2) is 0 Å². The molecule has 2 aromatic carbocycles. The lowest BCUT2D eigenvalue weighted by Gasteiger charge is -2.07. The molecule has 0 saturated heterocycles. The quantitative estimate of drug-likeness (QED) is 0.662. The third-order valence-electron chi connectivity index (χ3n) is 4.07. The summed E-state index contributed by atoms with van der Waals surface area (Å²) in [4.78, 5) is 12.0. The van der Waals surface area contributed by atoms with Crippen molar-refractivity contribution in [2.75, 3.05) is 6.54 Å². The molecule has 1 N–H and O–H groups in total. The van der Waals surface area contributed by atoms with Crippen LogP contribution in [-0.4, -0.2) is 17.0 Å². The highest BCUT2D eigenvalue weighted by atomic mass is 16.1. The monoisotopic (exact) mass is 306 g/mol. The molecule has 3 nitrogen and oxygen atoms in total. The number of para-hydroxylation sites is 1. The third kappa shape index (κ3) is 4.22. The van der Waals surface area contributed by atoms with Gasteiger partial charge in [0.05, 0.1) is 0 Å². The van der Waals surface area contributed by atoms with Gasteiger partial charge < -0.3 is 9.88 Å². The molecule has 23 heavy (non-hydrogen) atoms. The molecule has 0 bridgehead atoms. The van der Waals surface area contributed by atoms with Gasteiger partial charge in [-0.1, -0.05) is 48.5 Å². The second-order valence-corrected chi connectivity index (χ2v) is 5.76. The van der Waals surface area contributed by atoms with Crippen molar-refractivity contribution in [1.29, 1.82) is 0 Å². The van der Waals surface area contributed by atoms with E-state index >= 15 is 0 Å². The van der Waals surface area contributed by atoms with Crippen LogP contribution in [0.5, 0.6) is 0 Å². The van der Waals surface area contributed by atoms with Crippen LogP contribution in [0, 0.1) is 0 Å². The fraction of sp³-hybridized carbons (Fsp3) is 0.250. The Morgan fingerprint density at radius 1 is 0.957 bits per heavy atom. The molecule has 0 aliphatic carbocycles. The minimum atomic E-state index is 0.121. The highest BCUT2D eigenvalue weighted by molar-refractivity contribution is 5.80. The van der Waals surface area contributed by atoms with Gasteiger partial charge in [0, 0.05) is 31.2 Å². The topological polar surface area (TPSA) is 34.0 Å². The number of aryl methyl sites for hydroxylation is 2. The van der Waals surface area contributed by atoms with E-state index in [4.69, 9.17) is 0 Å². The molecule has 3 rings (SSSR count). The second-order valence-electron chi connectivity index (χ2n) is 5.76. The van der Waals surface area contributed by atoms with Crippen molar-refractivity contribution in [3.8, 4) is 0 Å². The number of rotatable bonds is 7. The van der Waals surface area contributed by atoms with Crippen LogP contribution in [0.2, 0.25) is 0 Å². The summed E-state index contributed by atoms with van der Waals surface area (Å²) in [6.45, 7) is 1.46. The van der Waals surface area contributed by atoms with Crippen molar-refractivity contribution < 1.29 is 4.79 Å². The highest BCUT2D eigenvalue weighted by Gasteiger charge is 2.04. The number of carbonyl (C=O) groups is 1. The van der Waals surface area contributed by atoms with E-state index in [9.17, 15) is 4.79 Å². The summed E-state index contributed by atoms with van der Waals surface area (Å²) in [7, 11) is 0. The van der Waals surface area contributed by atoms with Crippen LogP contribution in [0.15, 0.2) is 66.9 Å². The number of aromatic nitrogens is 1. The molecule has 1 aromatic heterocycles. The zero-order valence-corrected chi connectivity index (χ0v) is 13.2. The molecule has 0 spiro atoms. The normalized spacial score (nSPS) is 10.8. The Morgan fingerprint density at radius 2 is 1.74 bits per heavy atom. The van der Waals surface area contributed by atoms with Gasteiger partial charge in [0.2, 0.25) is 5.91 Å². The van der Waals surface area contributed by atoms with Gasteiger partial charge in [0.1, 0.15) is 0 Å². The van der Waals surface area contributed by atoms with Crippen LogP contribution in [-0.2, 0) is 17.8 Å². The van der Waals surface area contributed by atoms with Gasteiger partial charge in [-0.2, -0.15) is 0 Å². The van der Waals surface area contributed by atoms with Gasteiger partial charge in [-0.15, -0.1) is 0 Å². The first-order chi connectivity index (χ1) is 11.3. The lowest BCUT2D eigenvalue weighted by Crippen LogP contribution is -2.25. The molecule has 3 aromatic rings. The van der Waals surface area contributed by atoms with E-state index in [2.05, 4.69) is 52.3 Å². The fourth-order valence-electron chi connectivity index (χ4n) is 2.81. The molecule has 0 fully saturated rings. The number of nitrogens with zero attached hydrogens (tertiary/aromatic N) is 1. The summed E-state index contributed by atoms with van der Waals surface area (Å²) in [5, 5.41) is 4.23. The average molecular weight is 306 g/mol. The smallest absolute Gasteiger partial charge is 0.221 e. The summed E-state index contributed by atoms with van der Waals surface area (Å²) in [6.07, 6.45) is 4.54. The Kier molecular flexibility index (Phi) is 5.09. The van der Waals surface area contributed by atoms with E-state index < -0.39 is 0 Å². The van der Waals surface area contributed by atoms with E-state index in [-0.39, 0.29) is 5.91 Å². The van der Waals surface area contributed by atoms with E-state index in [1.165, 1.54) is 16.5 Å². The Hall–Kier alpha value is -2.55. The summed E-state index contributed by atoms with van der Waals surface area (Å²) in [6, 6.07) is 20.7. The maximum absolute atomic E-state index is 12.0. The van der Waals surface area contributed by atoms with Gasteiger partial charge in [-0.3, -0.25) is 4.79 Å². The summed E-state index contributed by atoms with van der Waals surface area (Å²) in [5.74, 6) is 0.121. The summed E-state index contributed by atoms with van der Waals surface area (Å²) in [5.41, 5.74) is 2.50. The molecular formula is C20H22N2O. The van der Waals surface area contributed by atoms with Crippen molar-refractivity contribution in [1.82, 2.24) is 9.88 Å². The SMILES string of the molecule is O=C(CCn1ccc2ccccc21)NCCCc1ccccc1. The van der Waals surface area contributed by atoms with Gasteiger partial charge >= 0.3 is 0 Å². The fourth-order valence-corrected chi connectivity index (χ4v) is 2.81. The van der Waals surface area contributed by atoms with E-state index in [0.29, 0.717) is 6.42 Å². The molecule has 0 aliphatic rings.